The lowest BCUT2D eigenvalue weighted by Gasteiger charge is -2.17. The predicted octanol–water partition coefficient (Wildman–Crippen LogP) is 3.96. The number of aromatic nitrogens is 2. The van der Waals surface area contributed by atoms with E-state index in [-0.39, 0.29) is 0 Å². The molecule has 0 aliphatic carbocycles. The molecule has 1 rings (SSSR count). The van der Waals surface area contributed by atoms with Crippen molar-refractivity contribution in [2.45, 2.75) is 58.4 Å². The molecular formula is C16H27N3. The van der Waals surface area contributed by atoms with Crippen LogP contribution in [0.1, 0.15) is 62.9 Å². The van der Waals surface area contributed by atoms with Gasteiger partial charge in [-0.15, -0.1) is 6.58 Å². The van der Waals surface area contributed by atoms with Crippen LogP contribution in [-0.4, -0.2) is 16.5 Å². The third-order valence-electron chi connectivity index (χ3n) is 3.15. The largest absolute Gasteiger partial charge is 0.307 e. The normalized spacial score (nSPS) is 12.3. The summed E-state index contributed by atoms with van der Waals surface area (Å²) in [5.41, 5.74) is 1.11. The number of hydrogen-bond acceptors (Lipinski definition) is 3. The molecule has 1 unspecified atom stereocenters. The third kappa shape index (κ3) is 6.48. The minimum atomic E-state index is 0.296. The summed E-state index contributed by atoms with van der Waals surface area (Å²) in [5.74, 6) is 0.933. The van der Waals surface area contributed by atoms with Crippen LogP contribution in [0.5, 0.6) is 0 Å². The molecule has 3 heteroatoms. The van der Waals surface area contributed by atoms with Gasteiger partial charge in [-0.3, -0.25) is 0 Å². The van der Waals surface area contributed by atoms with Crippen LogP contribution in [0.15, 0.2) is 25.0 Å². The first-order valence-corrected chi connectivity index (χ1v) is 7.40. The minimum absolute atomic E-state index is 0.296. The van der Waals surface area contributed by atoms with Crippen molar-refractivity contribution in [2.75, 3.05) is 6.54 Å². The highest BCUT2D eigenvalue weighted by atomic mass is 15.0. The lowest BCUT2D eigenvalue weighted by molar-refractivity contribution is 0.453. The Morgan fingerprint density at radius 3 is 2.63 bits per heavy atom. The minimum Gasteiger partial charge on any atom is -0.307 e. The number of rotatable bonds is 10. The standard InChI is InChI=1S/C16H27N3/c1-4-6-7-8-9-10-15(17-11-5-2)16-18-12-14(3)13-19-16/h4,12-13,15,17H,1,5-11H2,2-3H3. The molecule has 1 aromatic rings. The van der Waals surface area contributed by atoms with Gasteiger partial charge in [0.15, 0.2) is 0 Å². The van der Waals surface area contributed by atoms with Crippen molar-refractivity contribution in [3.63, 3.8) is 0 Å². The molecule has 0 bridgehead atoms. The Balaban J connectivity index is 2.46. The molecule has 0 amide bonds. The van der Waals surface area contributed by atoms with Crippen LogP contribution < -0.4 is 5.32 Å². The molecule has 0 spiro atoms. The smallest absolute Gasteiger partial charge is 0.145 e. The van der Waals surface area contributed by atoms with Gasteiger partial charge in [-0.05, 0) is 44.7 Å². The monoisotopic (exact) mass is 261 g/mol. The average Bonchev–Trinajstić information content (AvgIpc) is 2.43. The van der Waals surface area contributed by atoms with E-state index in [1.807, 2.05) is 25.4 Å². The quantitative estimate of drug-likeness (QED) is 0.511. The zero-order valence-corrected chi connectivity index (χ0v) is 12.4. The van der Waals surface area contributed by atoms with Gasteiger partial charge in [0.25, 0.3) is 0 Å². The molecule has 0 radical (unpaired) electrons. The van der Waals surface area contributed by atoms with E-state index >= 15 is 0 Å². The molecule has 1 aromatic heterocycles. The Kier molecular flexibility index (Phi) is 8.07. The summed E-state index contributed by atoms with van der Waals surface area (Å²) in [6.45, 7) is 8.99. The topological polar surface area (TPSA) is 37.8 Å². The summed E-state index contributed by atoms with van der Waals surface area (Å²) in [6.07, 6.45) is 12.9. The van der Waals surface area contributed by atoms with Crippen LogP contribution in [0.2, 0.25) is 0 Å². The van der Waals surface area contributed by atoms with Crippen molar-refractivity contribution >= 4 is 0 Å². The summed E-state index contributed by atoms with van der Waals surface area (Å²) in [6, 6.07) is 0.296. The van der Waals surface area contributed by atoms with E-state index in [4.69, 9.17) is 0 Å². The van der Waals surface area contributed by atoms with Gasteiger partial charge in [0.2, 0.25) is 0 Å². The lowest BCUT2D eigenvalue weighted by atomic mass is 10.1. The fourth-order valence-electron chi connectivity index (χ4n) is 2.04. The summed E-state index contributed by atoms with van der Waals surface area (Å²) >= 11 is 0. The zero-order chi connectivity index (χ0) is 13.9. The SMILES string of the molecule is C=CCCCCCC(NCCC)c1ncc(C)cn1. The number of nitrogens with one attached hydrogen (secondary N) is 1. The molecule has 0 saturated heterocycles. The highest BCUT2D eigenvalue weighted by molar-refractivity contribution is 5.04. The number of nitrogens with zero attached hydrogens (tertiary/aromatic N) is 2. The summed E-state index contributed by atoms with van der Waals surface area (Å²) in [7, 11) is 0. The second kappa shape index (κ2) is 9.68. The first kappa shape index (κ1) is 15.8. The van der Waals surface area contributed by atoms with E-state index in [0.29, 0.717) is 6.04 Å². The lowest BCUT2D eigenvalue weighted by Crippen LogP contribution is -2.24. The molecule has 0 saturated carbocycles. The van der Waals surface area contributed by atoms with Gasteiger partial charge in [-0.1, -0.05) is 25.8 Å². The van der Waals surface area contributed by atoms with Crippen LogP contribution in [0.3, 0.4) is 0 Å². The van der Waals surface area contributed by atoms with Gasteiger partial charge in [-0.25, -0.2) is 9.97 Å². The van der Waals surface area contributed by atoms with Gasteiger partial charge >= 0.3 is 0 Å². The van der Waals surface area contributed by atoms with Crippen molar-refractivity contribution in [1.29, 1.82) is 0 Å². The van der Waals surface area contributed by atoms with Gasteiger partial charge in [-0.2, -0.15) is 0 Å². The van der Waals surface area contributed by atoms with Crippen LogP contribution in [0, 0.1) is 6.92 Å². The van der Waals surface area contributed by atoms with Crippen LogP contribution in [0.4, 0.5) is 0 Å². The molecule has 106 valence electrons. The maximum atomic E-state index is 4.46. The highest BCUT2D eigenvalue weighted by Gasteiger charge is 2.12. The fraction of sp³-hybridized carbons (Fsp3) is 0.625. The van der Waals surface area contributed by atoms with Crippen molar-refractivity contribution in [3.8, 4) is 0 Å². The Morgan fingerprint density at radius 2 is 2.00 bits per heavy atom. The zero-order valence-electron chi connectivity index (χ0n) is 12.4. The van der Waals surface area contributed by atoms with Crippen molar-refractivity contribution in [3.05, 3.63) is 36.4 Å². The fourth-order valence-corrected chi connectivity index (χ4v) is 2.04. The third-order valence-corrected chi connectivity index (χ3v) is 3.15. The van der Waals surface area contributed by atoms with E-state index in [2.05, 4.69) is 28.8 Å². The molecule has 19 heavy (non-hydrogen) atoms. The molecule has 0 aliphatic heterocycles. The Bertz CT molecular complexity index is 346. The highest BCUT2D eigenvalue weighted by Crippen LogP contribution is 2.17. The summed E-state index contributed by atoms with van der Waals surface area (Å²) in [4.78, 5) is 8.91. The van der Waals surface area contributed by atoms with E-state index in [9.17, 15) is 0 Å². The van der Waals surface area contributed by atoms with E-state index in [1.54, 1.807) is 0 Å². The van der Waals surface area contributed by atoms with Crippen molar-refractivity contribution < 1.29 is 0 Å². The molecule has 0 fully saturated rings. The van der Waals surface area contributed by atoms with Crippen molar-refractivity contribution in [2.24, 2.45) is 0 Å². The Morgan fingerprint density at radius 1 is 1.26 bits per heavy atom. The van der Waals surface area contributed by atoms with E-state index in [0.717, 1.165) is 37.2 Å². The molecular weight excluding hydrogens is 234 g/mol. The first-order valence-electron chi connectivity index (χ1n) is 7.40. The maximum Gasteiger partial charge on any atom is 0.145 e. The number of allylic oxidation sites excluding steroid dienone is 1. The molecule has 1 N–H and O–H groups in total. The molecule has 1 heterocycles. The number of hydrogen-bond donors (Lipinski definition) is 1. The summed E-state index contributed by atoms with van der Waals surface area (Å²) < 4.78 is 0. The van der Waals surface area contributed by atoms with E-state index in [1.165, 1.54) is 19.3 Å². The number of aryl methyl sites for hydroxylation is 1. The van der Waals surface area contributed by atoms with Gasteiger partial charge in [0.1, 0.15) is 5.82 Å². The van der Waals surface area contributed by atoms with Crippen LogP contribution in [-0.2, 0) is 0 Å². The summed E-state index contributed by atoms with van der Waals surface area (Å²) in [5, 5.41) is 3.55. The average molecular weight is 261 g/mol. The second-order valence-electron chi connectivity index (χ2n) is 5.05. The van der Waals surface area contributed by atoms with Gasteiger partial charge in [0, 0.05) is 12.4 Å². The van der Waals surface area contributed by atoms with E-state index < -0.39 is 0 Å². The number of unbranched alkanes of at least 4 members (excludes halogenated alkanes) is 3. The maximum absolute atomic E-state index is 4.46. The first-order chi connectivity index (χ1) is 9.27. The second-order valence-corrected chi connectivity index (χ2v) is 5.05. The van der Waals surface area contributed by atoms with Crippen molar-refractivity contribution in [1.82, 2.24) is 15.3 Å². The van der Waals surface area contributed by atoms with Gasteiger partial charge < -0.3 is 5.32 Å². The van der Waals surface area contributed by atoms with Crippen LogP contribution in [0.25, 0.3) is 0 Å². The Labute approximate surface area is 117 Å². The molecule has 0 aromatic carbocycles. The molecule has 1 atom stereocenters. The predicted molar refractivity (Wildman–Crippen MR) is 81.1 cm³/mol. The Hall–Kier alpha value is -1.22. The molecule has 3 nitrogen and oxygen atoms in total. The molecule has 0 aliphatic rings. The van der Waals surface area contributed by atoms with Gasteiger partial charge in [0.05, 0.1) is 6.04 Å². The van der Waals surface area contributed by atoms with Crippen LogP contribution >= 0.6 is 0 Å².